The maximum absolute atomic E-state index is 6.34. The Morgan fingerprint density at radius 1 is 1.43 bits per heavy atom. The van der Waals surface area contributed by atoms with Crippen LogP contribution < -0.4 is 0 Å². The van der Waals surface area contributed by atoms with E-state index in [2.05, 4.69) is 47.1 Å². The Balaban J connectivity index is 1.93. The second kappa shape index (κ2) is 4.24. The summed E-state index contributed by atoms with van der Waals surface area (Å²) in [6.07, 6.45) is 2.31. The second-order valence-electron chi connectivity index (χ2n) is 4.22. The van der Waals surface area contributed by atoms with Crippen molar-refractivity contribution in [3.05, 3.63) is 34.3 Å². The van der Waals surface area contributed by atoms with Crippen molar-refractivity contribution in [2.24, 2.45) is 11.8 Å². The molecule has 0 spiro atoms. The average Bonchev–Trinajstić information content (AvgIpc) is 2.87. The van der Waals surface area contributed by atoms with E-state index in [4.69, 9.17) is 11.6 Å². The van der Waals surface area contributed by atoms with Crippen LogP contribution >= 0.6 is 27.5 Å². The molecule has 0 bridgehead atoms. The van der Waals surface area contributed by atoms with Gasteiger partial charge in [-0.2, -0.15) is 0 Å². The smallest absolute Gasteiger partial charge is 0.0407 e. The number of rotatable bonds is 3. The summed E-state index contributed by atoms with van der Waals surface area (Å²) in [4.78, 5) is 0. The summed E-state index contributed by atoms with van der Waals surface area (Å²) in [5.74, 6) is 1.59. The van der Waals surface area contributed by atoms with Gasteiger partial charge < -0.3 is 0 Å². The molecule has 0 aliphatic heterocycles. The van der Waals surface area contributed by atoms with Crippen molar-refractivity contribution in [2.75, 3.05) is 0 Å². The minimum absolute atomic E-state index is 0.325. The summed E-state index contributed by atoms with van der Waals surface area (Å²) in [6.45, 7) is 2.28. The van der Waals surface area contributed by atoms with E-state index < -0.39 is 0 Å². The Kier molecular flexibility index (Phi) is 3.18. The maximum Gasteiger partial charge on any atom is 0.0407 e. The van der Waals surface area contributed by atoms with Gasteiger partial charge in [-0.3, -0.25) is 0 Å². The fourth-order valence-corrected chi connectivity index (χ4v) is 2.65. The lowest BCUT2D eigenvalue weighted by Crippen LogP contribution is -2.06. The van der Waals surface area contributed by atoms with Crippen LogP contribution in [0.2, 0.25) is 0 Å². The van der Waals surface area contributed by atoms with Crippen LogP contribution in [0.3, 0.4) is 0 Å². The van der Waals surface area contributed by atoms with E-state index in [1.54, 1.807) is 0 Å². The van der Waals surface area contributed by atoms with Crippen LogP contribution in [0.25, 0.3) is 0 Å². The molecule has 1 aromatic rings. The molecule has 2 heteroatoms. The Morgan fingerprint density at radius 3 is 2.50 bits per heavy atom. The van der Waals surface area contributed by atoms with Gasteiger partial charge in [0.1, 0.15) is 0 Å². The molecule has 0 saturated heterocycles. The third kappa shape index (κ3) is 2.52. The van der Waals surface area contributed by atoms with E-state index in [1.165, 1.54) is 12.0 Å². The molecular formula is C12H14BrCl. The molecule has 1 aliphatic carbocycles. The van der Waals surface area contributed by atoms with Crippen molar-refractivity contribution in [2.45, 2.75) is 25.1 Å². The van der Waals surface area contributed by atoms with Crippen molar-refractivity contribution in [3.63, 3.8) is 0 Å². The highest BCUT2D eigenvalue weighted by Gasteiger charge is 2.38. The molecule has 3 atom stereocenters. The predicted molar refractivity (Wildman–Crippen MR) is 64.8 cm³/mol. The molecule has 0 radical (unpaired) electrons. The zero-order chi connectivity index (χ0) is 10.1. The van der Waals surface area contributed by atoms with Crippen LogP contribution in [0.5, 0.6) is 0 Å². The van der Waals surface area contributed by atoms with E-state index in [0.29, 0.717) is 5.38 Å². The van der Waals surface area contributed by atoms with Gasteiger partial charge in [-0.25, -0.2) is 0 Å². The summed E-state index contributed by atoms with van der Waals surface area (Å²) in [6, 6.07) is 8.45. The molecule has 0 heterocycles. The topological polar surface area (TPSA) is 0 Å². The predicted octanol–water partition coefficient (Wildman–Crippen LogP) is 4.26. The Morgan fingerprint density at radius 2 is 2.00 bits per heavy atom. The van der Waals surface area contributed by atoms with Gasteiger partial charge in [0.25, 0.3) is 0 Å². The molecule has 0 nitrogen and oxygen atoms in total. The summed E-state index contributed by atoms with van der Waals surface area (Å²) < 4.78 is 1.13. The quantitative estimate of drug-likeness (QED) is 0.722. The van der Waals surface area contributed by atoms with Gasteiger partial charge in [-0.05, 0) is 42.4 Å². The summed E-state index contributed by atoms with van der Waals surface area (Å²) in [7, 11) is 0. The summed E-state index contributed by atoms with van der Waals surface area (Å²) in [5.41, 5.74) is 1.34. The molecule has 0 N–H and O–H groups in total. The average molecular weight is 274 g/mol. The first kappa shape index (κ1) is 10.5. The lowest BCUT2D eigenvalue weighted by molar-refractivity contribution is 0.683. The minimum atomic E-state index is 0.325. The SMILES string of the molecule is CC1CC1C(Cl)Cc1ccc(Br)cc1. The molecule has 76 valence electrons. The van der Waals surface area contributed by atoms with Crippen LogP contribution in [0, 0.1) is 11.8 Å². The van der Waals surface area contributed by atoms with Crippen LogP contribution in [0.4, 0.5) is 0 Å². The van der Waals surface area contributed by atoms with E-state index in [1.807, 2.05) is 0 Å². The number of benzene rings is 1. The number of halogens is 2. The fourth-order valence-electron chi connectivity index (χ4n) is 1.85. The fraction of sp³-hybridized carbons (Fsp3) is 0.500. The second-order valence-corrected chi connectivity index (χ2v) is 5.70. The van der Waals surface area contributed by atoms with Crippen LogP contribution in [-0.2, 0) is 6.42 Å². The third-order valence-electron chi connectivity index (χ3n) is 2.98. The molecular weight excluding hydrogens is 259 g/mol. The van der Waals surface area contributed by atoms with E-state index in [9.17, 15) is 0 Å². The zero-order valence-electron chi connectivity index (χ0n) is 8.21. The van der Waals surface area contributed by atoms with Gasteiger partial charge in [-0.15, -0.1) is 11.6 Å². The lowest BCUT2D eigenvalue weighted by atomic mass is 10.1. The van der Waals surface area contributed by atoms with Crippen LogP contribution in [0.1, 0.15) is 18.9 Å². The highest BCUT2D eigenvalue weighted by atomic mass is 79.9. The van der Waals surface area contributed by atoms with Crippen molar-refractivity contribution in [1.82, 2.24) is 0 Å². The standard InChI is InChI=1S/C12H14BrCl/c1-8-6-11(8)12(14)7-9-2-4-10(13)5-3-9/h2-5,8,11-12H,6-7H2,1H3. The lowest BCUT2D eigenvalue weighted by Gasteiger charge is -2.08. The summed E-state index contributed by atoms with van der Waals surface area (Å²) in [5, 5.41) is 0.325. The van der Waals surface area contributed by atoms with Gasteiger partial charge >= 0.3 is 0 Å². The normalized spacial score (nSPS) is 27.4. The summed E-state index contributed by atoms with van der Waals surface area (Å²) >= 11 is 9.77. The Bertz CT molecular complexity index is 307. The monoisotopic (exact) mass is 272 g/mol. The van der Waals surface area contributed by atoms with Crippen molar-refractivity contribution >= 4 is 27.5 Å². The molecule has 14 heavy (non-hydrogen) atoms. The molecule has 3 unspecified atom stereocenters. The van der Waals surface area contributed by atoms with Gasteiger partial charge in [0.2, 0.25) is 0 Å². The first-order chi connectivity index (χ1) is 6.66. The van der Waals surface area contributed by atoms with E-state index in [0.717, 1.165) is 22.7 Å². The van der Waals surface area contributed by atoms with Gasteiger partial charge in [0.05, 0.1) is 0 Å². The Hall–Kier alpha value is -0.0100. The minimum Gasteiger partial charge on any atom is -0.122 e. The maximum atomic E-state index is 6.34. The van der Waals surface area contributed by atoms with Crippen molar-refractivity contribution in [1.29, 1.82) is 0 Å². The first-order valence-corrected chi connectivity index (χ1v) is 6.28. The van der Waals surface area contributed by atoms with E-state index >= 15 is 0 Å². The number of alkyl halides is 1. The van der Waals surface area contributed by atoms with Crippen molar-refractivity contribution < 1.29 is 0 Å². The highest BCUT2D eigenvalue weighted by molar-refractivity contribution is 9.10. The first-order valence-electron chi connectivity index (χ1n) is 5.05. The molecule has 1 saturated carbocycles. The number of hydrogen-bond acceptors (Lipinski definition) is 0. The van der Waals surface area contributed by atoms with Gasteiger partial charge in [-0.1, -0.05) is 35.0 Å². The molecule has 2 rings (SSSR count). The number of hydrogen-bond donors (Lipinski definition) is 0. The molecule has 1 fully saturated rings. The zero-order valence-corrected chi connectivity index (χ0v) is 10.6. The van der Waals surface area contributed by atoms with Gasteiger partial charge in [0, 0.05) is 9.85 Å². The largest absolute Gasteiger partial charge is 0.122 e. The molecule has 1 aromatic carbocycles. The van der Waals surface area contributed by atoms with Crippen molar-refractivity contribution in [3.8, 4) is 0 Å². The van der Waals surface area contributed by atoms with Crippen LogP contribution in [-0.4, -0.2) is 5.38 Å². The molecule has 0 amide bonds. The Labute approximate surface area is 98.8 Å². The molecule has 0 aromatic heterocycles. The highest BCUT2D eigenvalue weighted by Crippen LogP contribution is 2.43. The molecule has 1 aliphatic rings. The van der Waals surface area contributed by atoms with Gasteiger partial charge in [0.15, 0.2) is 0 Å². The van der Waals surface area contributed by atoms with Crippen LogP contribution in [0.15, 0.2) is 28.7 Å². The third-order valence-corrected chi connectivity index (χ3v) is 3.99. The van der Waals surface area contributed by atoms with E-state index in [-0.39, 0.29) is 0 Å².